The normalized spacial score (nSPS) is 15.0. The fraction of sp³-hybridized carbons (Fsp3) is 0.350. The van der Waals surface area contributed by atoms with E-state index in [1.807, 2.05) is 12.1 Å². The van der Waals surface area contributed by atoms with Gasteiger partial charge in [0.1, 0.15) is 0 Å². The Bertz CT molecular complexity index is 890. The molecular weight excluding hydrogens is 384 g/mol. The lowest BCUT2D eigenvalue weighted by atomic mass is 10.1. The Morgan fingerprint density at radius 3 is 2.15 bits per heavy atom. The number of benzene rings is 2. The van der Waals surface area contributed by atoms with Crippen LogP contribution in [0.5, 0.6) is 0 Å². The molecule has 144 valence electrons. The van der Waals surface area contributed by atoms with Crippen molar-refractivity contribution >= 4 is 27.5 Å². The first-order valence-electron chi connectivity index (χ1n) is 8.92. The summed E-state index contributed by atoms with van der Waals surface area (Å²) in [5.41, 5.74) is 2.22. The first-order chi connectivity index (χ1) is 12.8. The summed E-state index contributed by atoms with van der Waals surface area (Å²) in [7, 11) is -1.54. The molecule has 2 aromatic carbocycles. The lowest BCUT2D eigenvalue weighted by Crippen LogP contribution is -2.29. The van der Waals surface area contributed by atoms with Crippen LogP contribution in [0, 0.1) is 0 Å². The highest BCUT2D eigenvalue weighted by Crippen LogP contribution is 2.18. The topological polar surface area (TPSA) is 57.7 Å². The molecule has 1 heterocycles. The van der Waals surface area contributed by atoms with E-state index in [0.717, 1.165) is 18.4 Å². The Labute approximate surface area is 165 Å². The summed E-state index contributed by atoms with van der Waals surface area (Å²) in [4.78, 5) is 14.2. The van der Waals surface area contributed by atoms with Gasteiger partial charge in [-0.1, -0.05) is 35.9 Å². The molecular formula is C20H23ClN2O3S. The number of rotatable bonds is 6. The third-order valence-corrected chi connectivity index (χ3v) is 6.79. The summed E-state index contributed by atoms with van der Waals surface area (Å²) in [5.74, 6) is -0.138. The number of halogens is 1. The highest BCUT2D eigenvalue weighted by Gasteiger charge is 2.25. The van der Waals surface area contributed by atoms with Crippen LogP contribution in [0.2, 0.25) is 5.02 Å². The van der Waals surface area contributed by atoms with E-state index in [2.05, 4.69) is 0 Å². The van der Waals surface area contributed by atoms with E-state index in [0.29, 0.717) is 35.8 Å². The van der Waals surface area contributed by atoms with E-state index < -0.39 is 10.0 Å². The molecule has 27 heavy (non-hydrogen) atoms. The van der Waals surface area contributed by atoms with E-state index in [-0.39, 0.29) is 11.7 Å². The first kappa shape index (κ1) is 19.9. The molecule has 0 N–H and O–H groups in total. The van der Waals surface area contributed by atoms with Gasteiger partial charge in [0, 0.05) is 37.3 Å². The van der Waals surface area contributed by atoms with Crippen molar-refractivity contribution in [2.45, 2.75) is 25.1 Å². The minimum Gasteiger partial charge on any atom is -0.337 e. The second-order valence-corrected chi connectivity index (χ2v) is 9.25. The van der Waals surface area contributed by atoms with Gasteiger partial charge >= 0.3 is 0 Å². The molecule has 3 rings (SSSR count). The molecule has 0 aliphatic carbocycles. The zero-order chi connectivity index (χ0) is 19.4. The molecule has 2 aromatic rings. The minimum absolute atomic E-state index is 0.0257. The van der Waals surface area contributed by atoms with Crippen molar-refractivity contribution in [3.05, 3.63) is 70.2 Å². The second-order valence-electron chi connectivity index (χ2n) is 6.85. The predicted molar refractivity (Wildman–Crippen MR) is 107 cm³/mol. The van der Waals surface area contributed by atoms with Crippen molar-refractivity contribution in [3.63, 3.8) is 0 Å². The lowest BCUT2D eigenvalue weighted by Gasteiger charge is -2.18. The first-order valence-corrected chi connectivity index (χ1v) is 10.9. The molecule has 1 fully saturated rings. The van der Waals surface area contributed by atoms with Crippen molar-refractivity contribution in [1.29, 1.82) is 0 Å². The van der Waals surface area contributed by atoms with Crippen LogP contribution in [0.1, 0.15) is 34.3 Å². The van der Waals surface area contributed by atoms with Crippen LogP contribution >= 0.6 is 11.6 Å². The molecule has 0 bridgehead atoms. The highest BCUT2D eigenvalue weighted by atomic mass is 35.5. The molecule has 0 atom stereocenters. The molecule has 0 spiro atoms. The van der Waals surface area contributed by atoms with Gasteiger partial charge in [0.05, 0.1) is 5.75 Å². The minimum atomic E-state index is -3.28. The largest absolute Gasteiger partial charge is 0.337 e. The molecule has 0 unspecified atom stereocenters. The van der Waals surface area contributed by atoms with Crippen LogP contribution in [-0.2, 0) is 22.3 Å². The van der Waals surface area contributed by atoms with E-state index >= 15 is 0 Å². The molecule has 0 aromatic heterocycles. The van der Waals surface area contributed by atoms with E-state index in [9.17, 15) is 13.2 Å². The van der Waals surface area contributed by atoms with Crippen molar-refractivity contribution < 1.29 is 13.2 Å². The average molecular weight is 407 g/mol. The Balaban J connectivity index is 1.63. The molecule has 5 nitrogen and oxygen atoms in total. The van der Waals surface area contributed by atoms with Crippen LogP contribution in [0.15, 0.2) is 48.5 Å². The van der Waals surface area contributed by atoms with E-state index in [4.69, 9.17) is 11.6 Å². The second kappa shape index (κ2) is 8.42. The predicted octanol–water partition coefficient (Wildman–Crippen LogP) is 3.54. The summed E-state index contributed by atoms with van der Waals surface area (Å²) in [6.07, 6.45) is 1.85. The van der Waals surface area contributed by atoms with Gasteiger partial charge in [-0.25, -0.2) is 12.7 Å². The molecule has 1 saturated heterocycles. The van der Waals surface area contributed by atoms with E-state index in [1.165, 1.54) is 0 Å². The van der Waals surface area contributed by atoms with Gasteiger partial charge in [0.15, 0.2) is 0 Å². The molecule has 0 saturated carbocycles. The van der Waals surface area contributed by atoms with Crippen molar-refractivity contribution in [2.24, 2.45) is 0 Å². The molecule has 1 amide bonds. The maximum Gasteiger partial charge on any atom is 0.253 e. The standard InChI is InChI=1S/C20H23ClN2O3S/c1-22(14-16-6-10-19(21)11-7-16)20(24)18-8-4-17(5-9-18)15-27(25,26)23-12-2-3-13-23/h4-11H,2-3,12-15H2,1H3. The van der Waals surface area contributed by atoms with Crippen LogP contribution in [0.3, 0.4) is 0 Å². The van der Waals surface area contributed by atoms with Gasteiger partial charge in [-0.3, -0.25) is 4.79 Å². The Morgan fingerprint density at radius 1 is 1.00 bits per heavy atom. The van der Waals surface area contributed by atoms with E-state index in [1.54, 1.807) is 52.7 Å². The maximum atomic E-state index is 12.6. The van der Waals surface area contributed by atoms with Crippen molar-refractivity contribution in [1.82, 2.24) is 9.21 Å². The number of amides is 1. The van der Waals surface area contributed by atoms with Crippen LogP contribution < -0.4 is 0 Å². The van der Waals surface area contributed by atoms with Crippen LogP contribution in [0.25, 0.3) is 0 Å². The van der Waals surface area contributed by atoms with Gasteiger partial charge in [-0.05, 0) is 48.2 Å². The zero-order valence-corrected chi connectivity index (χ0v) is 16.8. The molecule has 0 radical (unpaired) electrons. The molecule has 1 aliphatic rings. The average Bonchev–Trinajstić information content (AvgIpc) is 3.19. The summed E-state index contributed by atoms with van der Waals surface area (Å²) in [5, 5.41) is 0.659. The van der Waals surface area contributed by atoms with Gasteiger partial charge in [-0.15, -0.1) is 0 Å². The van der Waals surface area contributed by atoms with Gasteiger partial charge in [-0.2, -0.15) is 0 Å². The number of hydrogen-bond donors (Lipinski definition) is 0. The van der Waals surface area contributed by atoms with Crippen molar-refractivity contribution in [2.75, 3.05) is 20.1 Å². The molecule has 7 heteroatoms. The maximum absolute atomic E-state index is 12.6. The smallest absolute Gasteiger partial charge is 0.253 e. The fourth-order valence-electron chi connectivity index (χ4n) is 3.17. The Morgan fingerprint density at radius 2 is 1.56 bits per heavy atom. The summed E-state index contributed by atoms with van der Waals surface area (Å²) in [6, 6.07) is 14.2. The van der Waals surface area contributed by atoms with Crippen molar-refractivity contribution in [3.8, 4) is 0 Å². The lowest BCUT2D eigenvalue weighted by molar-refractivity contribution is 0.0785. The summed E-state index contributed by atoms with van der Waals surface area (Å²) in [6.45, 7) is 1.68. The third-order valence-electron chi connectivity index (χ3n) is 4.69. The number of carbonyl (C=O) groups is 1. The number of carbonyl (C=O) groups excluding carboxylic acids is 1. The zero-order valence-electron chi connectivity index (χ0n) is 15.3. The van der Waals surface area contributed by atoms with Gasteiger partial charge in [0.2, 0.25) is 10.0 Å². The molecule has 1 aliphatic heterocycles. The third kappa shape index (κ3) is 5.09. The van der Waals surface area contributed by atoms with Crippen LogP contribution in [0.4, 0.5) is 0 Å². The SMILES string of the molecule is CN(Cc1ccc(Cl)cc1)C(=O)c1ccc(CS(=O)(=O)N2CCCC2)cc1. The summed E-state index contributed by atoms with van der Waals surface area (Å²) >= 11 is 5.88. The monoisotopic (exact) mass is 406 g/mol. The number of sulfonamides is 1. The Kier molecular flexibility index (Phi) is 6.19. The van der Waals surface area contributed by atoms with Crippen LogP contribution in [-0.4, -0.2) is 43.7 Å². The summed E-state index contributed by atoms with van der Waals surface area (Å²) < 4.78 is 26.3. The number of nitrogens with zero attached hydrogens (tertiary/aromatic N) is 2. The highest BCUT2D eigenvalue weighted by molar-refractivity contribution is 7.88. The fourth-order valence-corrected chi connectivity index (χ4v) is 4.90. The van der Waals surface area contributed by atoms with Gasteiger partial charge < -0.3 is 4.90 Å². The quantitative estimate of drug-likeness (QED) is 0.737. The van der Waals surface area contributed by atoms with Gasteiger partial charge in [0.25, 0.3) is 5.91 Å². The Hall–Kier alpha value is -1.89. The number of hydrogen-bond acceptors (Lipinski definition) is 3.